The van der Waals surface area contributed by atoms with Gasteiger partial charge in [0, 0.05) is 19.5 Å². The number of carbonyl (C=O) groups excluding carboxylic acids is 2. The Balaban J connectivity index is 2.55. The quantitative estimate of drug-likeness (QED) is 0.662. The van der Waals surface area contributed by atoms with Crippen molar-refractivity contribution in [3.63, 3.8) is 0 Å². The number of amides is 2. The molecule has 1 fully saturated rings. The third-order valence-corrected chi connectivity index (χ3v) is 2.07. The second kappa shape index (κ2) is 4.09. The van der Waals surface area contributed by atoms with Crippen LogP contribution in [0, 0.1) is 5.41 Å². The Morgan fingerprint density at radius 2 is 2.14 bits per heavy atom. The molecule has 4 heteroatoms. The zero-order valence-electron chi connectivity index (χ0n) is 9.09. The Labute approximate surface area is 84.7 Å². The number of nitrogens with one attached hydrogen (secondary N) is 1. The summed E-state index contributed by atoms with van der Waals surface area (Å²) in [7, 11) is 0. The molecule has 0 aromatic carbocycles. The first kappa shape index (κ1) is 11.2. The predicted molar refractivity (Wildman–Crippen MR) is 53.7 cm³/mol. The molecule has 14 heavy (non-hydrogen) atoms. The SMILES string of the molecule is CC(C)(C)CC(=O)N1CCNCC1=O. The van der Waals surface area contributed by atoms with E-state index >= 15 is 0 Å². The number of nitrogens with zero attached hydrogens (tertiary/aromatic N) is 1. The van der Waals surface area contributed by atoms with Gasteiger partial charge >= 0.3 is 0 Å². The molecule has 1 saturated heterocycles. The fourth-order valence-electron chi connectivity index (χ4n) is 1.42. The molecule has 2 amide bonds. The zero-order valence-corrected chi connectivity index (χ0v) is 9.09. The molecule has 0 aromatic heterocycles. The van der Waals surface area contributed by atoms with Crippen LogP contribution in [0.25, 0.3) is 0 Å². The summed E-state index contributed by atoms with van der Waals surface area (Å²) >= 11 is 0. The van der Waals surface area contributed by atoms with E-state index in [2.05, 4.69) is 5.32 Å². The molecule has 0 radical (unpaired) electrons. The van der Waals surface area contributed by atoms with E-state index in [-0.39, 0.29) is 23.8 Å². The lowest BCUT2D eigenvalue weighted by Crippen LogP contribution is -2.51. The lowest BCUT2D eigenvalue weighted by molar-refractivity contribution is -0.146. The van der Waals surface area contributed by atoms with Crippen LogP contribution in [0.3, 0.4) is 0 Å². The van der Waals surface area contributed by atoms with E-state index in [1.807, 2.05) is 20.8 Å². The van der Waals surface area contributed by atoms with Gasteiger partial charge in [0.25, 0.3) is 0 Å². The summed E-state index contributed by atoms with van der Waals surface area (Å²) in [6.07, 6.45) is 0.429. The van der Waals surface area contributed by atoms with Gasteiger partial charge in [-0.1, -0.05) is 20.8 Å². The van der Waals surface area contributed by atoms with Crippen molar-refractivity contribution < 1.29 is 9.59 Å². The van der Waals surface area contributed by atoms with Gasteiger partial charge < -0.3 is 5.32 Å². The van der Waals surface area contributed by atoms with Crippen molar-refractivity contribution >= 4 is 11.8 Å². The molecule has 1 rings (SSSR count). The molecule has 0 atom stereocenters. The summed E-state index contributed by atoms with van der Waals surface area (Å²) in [4.78, 5) is 24.4. The molecule has 1 aliphatic heterocycles. The van der Waals surface area contributed by atoms with Crippen molar-refractivity contribution in [2.45, 2.75) is 27.2 Å². The summed E-state index contributed by atoms with van der Waals surface area (Å²) in [6.45, 7) is 7.50. The molecule has 0 unspecified atom stereocenters. The monoisotopic (exact) mass is 198 g/mol. The molecule has 0 bridgehead atoms. The van der Waals surface area contributed by atoms with Crippen molar-refractivity contribution in [1.82, 2.24) is 10.2 Å². The minimum atomic E-state index is -0.106. The molecule has 0 saturated carbocycles. The number of hydrogen-bond donors (Lipinski definition) is 1. The summed E-state index contributed by atoms with van der Waals surface area (Å²) in [5.41, 5.74) is -0.0533. The van der Waals surface area contributed by atoms with Crippen LogP contribution in [-0.2, 0) is 9.59 Å². The van der Waals surface area contributed by atoms with Crippen LogP contribution in [-0.4, -0.2) is 36.3 Å². The molecule has 1 N–H and O–H groups in total. The number of rotatable bonds is 1. The fraction of sp³-hybridized carbons (Fsp3) is 0.800. The average molecular weight is 198 g/mol. The summed E-state index contributed by atoms with van der Waals surface area (Å²) in [5, 5.41) is 2.94. The Morgan fingerprint density at radius 3 is 2.64 bits per heavy atom. The molecule has 0 spiro atoms. The van der Waals surface area contributed by atoms with Gasteiger partial charge in [0.2, 0.25) is 11.8 Å². The van der Waals surface area contributed by atoms with Gasteiger partial charge in [0.1, 0.15) is 0 Å². The normalized spacial score (nSPS) is 18.5. The van der Waals surface area contributed by atoms with Crippen molar-refractivity contribution in [2.75, 3.05) is 19.6 Å². The standard InChI is InChI=1S/C10H18N2O2/c1-10(2,3)6-8(13)12-5-4-11-7-9(12)14/h11H,4-7H2,1-3H3. The molecule has 0 aliphatic carbocycles. The third kappa shape index (κ3) is 3.10. The van der Waals surface area contributed by atoms with Crippen molar-refractivity contribution in [1.29, 1.82) is 0 Å². The Kier molecular flexibility index (Phi) is 3.26. The Morgan fingerprint density at radius 1 is 1.50 bits per heavy atom. The Bertz CT molecular complexity index is 243. The van der Waals surface area contributed by atoms with Gasteiger partial charge in [-0.2, -0.15) is 0 Å². The molecule has 1 aliphatic rings. The zero-order chi connectivity index (χ0) is 10.8. The number of hydrogen-bond acceptors (Lipinski definition) is 3. The van der Waals surface area contributed by atoms with Crippen LogP contribution in [0.1, 0.15) is 27.2 Å². The van der Waals surface area contributed by atoms with Crippen molar-refractivity contribution in [2.24, 2.45) is 5.41 Å². The van der Waals surface area contributed by atoms with E-state index in [0.717, 1.165) is 0 Å². The molecular weight excluding hydrogens is 180 g/mol. The molecule has 80 valence electrons. The first-order valence-electron chi connectivity index (χ1n) is 4.94. The number of imide groups is 1. The molecular formula is C10H18N2O2. The van der Waals surface area contributed by atoms with Crippen LogP contribution >= 0.6 is 0 Å². The third-order valence-electron chi connectivity index (χ3n) is 2.07. The van der Waals surface area contributed by atoms with Crippen LogP contribution in [0.2, 0.25) is 0 Å². The van der Waals surface area contributed by atoms with E-state index in [1.54, 1.807) is 0 Å². The van der Waals surface area contributed by atoms with Gasteiger partial charge in [-0.3, -0.25) is 14.5 Å². The van der Waals surface area contributed by atoms with Crippen LogP contribution in [0.4, 0.5) is 0 Å². The van der Waals surface area contributed by atoms with E-state index in [4.69, 9.17) is 0 Å². The van der Waals surface area contributed by atoms with Gasteiger partial charge in [0.15, 0.2) is 0 Å². The molecule has 0 aromatic rings. The lowest BCUT2D eigenvalue weighted by atomic mass is 9.91. The highest BCUT2D eigenvalue weighted by atomic mass is 16.2. The first-order valence-corrected chi connectivity index (χ1v) is 4.94. The summed E-state index contributed by atoms with van der Waals surface area (Å²) < 4.78 is 0. The van der Waals surface area contributed by atoms with E-state index < -0.39 is 0 Å². The maximum atomic E-state index is 11.7. The van der Waals surface area contributed by atoms with Crippen LogP contribution in [0.5, 0.6) is 0 Å². The van der Waals surface area contributed by atoms with Crippen LogP contribution in [0.15, 0.2) is 0 Å². The van der Waals surface area contributed by atoms with E-state index in [1.165, 1.54) is 4.90 Å². The van der Waals surface area contributed by atoms with Gasteiger partial charge in [0.05, 0.1) is 6.54 Å². The van der Waals surface area contributed by atoms with Gasteiger partial charge in [-0.15, -0.1) is 0 Å². The topological polar surface area (TPSA) is 49.4 Å². The summed E-state index contributed by atoms with van der Waals surface area (Å²) in [5.74, 6) is -0.158. The number of carbonyl (C=O) groups is 2. The second-order valence-electron chi connectivity index (χ2n) is 4.85. The first-order chi connectivity index (χ1) is 6.40. The molecule has 4 nitrogen and oxygen atoms in total. The highest BCUT2D eigenvalue weighted by Gasteiger charge is 2.27. The van der Waals surface area contributed by atoms with Gasteiger partial charge in [-0.05, 0) is 5.41 Å². The second-order valence-corrected chi connectivity index (χ2v) is 4.85. The van der Waals surface area contributed by atoms with E-state index in [9.17, 15) is 9.59 Å². The van der Waals surface area contributed by atoms with Crippen molar-refractivity contribution in [3.05, 3.63) is 0 Å². The average Bonchev–Trinajstić information content (AvgIpc) is 2.01. The maximum Gasteiger partial charge on any atom is 0.243 e. The molecule has 1 heterocycles. The van der Waals surface area contributed by atoms with Crippen LogP contribution < -0.4 is 5.32 Å². The minimum absolute atomic E-state index is 0.0519. The Hall–Kier alpha value is -0.900. The van der Waals surface area contributed by atoms with Crippen molar-refractivity contribution in [3.8, 4) is 0 Å². The lowest BCUT2D eigenvalue weighted by Gasteiger charge is -2.28. The van der Waals surface area contributed by atoms with E-state index in [0.29, 0.717) is 19.5 Å². The fourth-order valence-corrected chi connectivity index (χ4v) is 1.42. The number of piperazine rings is 1. The largest absolute Gasteiger partial charge is 0.307 e. The minimum Gasteiger partial charge on any atom is -0.307 e. The smallest absolute Gasteiger partial charge is 0.243 e. The maximum absolute atomic E-state index is 11.7. The predicted octanol–water partition coefficient (Wildman–Crippen LogP) is 0.381. The highest BCUT2D eigenvalue weighted by Crippen LogP contribution is 2.19. The highest BCUT2D eigenvalue weighted by molar-refractivity contribution is 5.96. The summed E-state index contributed by atoms with van der Waals surface area (Å²) in [6, 6.07) is 0. The van der Waals surface area contributed by atoms with Gasteiger partial charge in [-0.25, -0.2) is 0 Å².